The molecule has 0 aliphatic carbocycles. The number of nitrogens with zero attached hydrogens (tertiary/aromatic N) is 3. The summed E-state index contributed by atoms with van der Waals surface area (Å²) in [6.45, 7) is 0. The van der Waals surface area contributed by atoms with Crippen LogP contribution in [0.1, 0.15) is 10.6 Å². The smallest absolute Gasteiger partial charge is 0.375 e. The van der Waals surface area contributed by atoms with Crippen LogP contribution in [-0.4, -0.2) is 26.3 Å². The molecule has 1 heterocycles. The number of carbonyl (C=O) groups is 1. The van der Waals surface area contributed by atoms with Gasteiger partial charge in [-0.3, -0.25) is 0 Å². The summed E-state index contributed by atoms with van der Waals surface area (Å²) in [5, 5.41) is 14.8. The van der Waals surface area contributed by atoms with Crippen molar-refractivity contribution in [1.82, 2.24) is 15.2 Å². The molecule has 0 radical (unpaired) electrons. The third kappa shape index (κ3) is 1.18. The van der Waals surface area contributed by atoms with Crippen LogP contribution in [0, 0.1) is 0 Å². The first-order chi connectivity index (χ1) is 4.30. The minimum atomic E-state index is -1.16. The summed E-state index contributed by atoms with van der Waals surface area (Å²) in [6, 6.07) is 0. The molecule has 1 aromatic heterocycles. The predicted octanol–water partition coefficient (Wildman–Crippen LogP) is -0.430. The van der Waals surface area contributed by atoms with Gasteiger partial charge >= 0.3 is 5.97 Å². The van der Waals surface area contributed by atoms with E-state index in [0.29, 0.717) is 0 Å². The largest absolute Gasteiger partial charge is 0.475 e. The van der Waals surface area contributed by atoms with E-state index in [1.807, 2.05) is 0 Å². The van der Waals surface area contributed by atoms with Crippen molar-refractivity contribution in [3.63, 3.8) is 0 Å². The van der Waals surface area contributed by atoms with Gasteiger partial charge in [0.25, 0.3) is 5.82 Å². The summed E-state index contributed by atoms with van der Waals surface area (Å²) in [5.74, 6) is -1.44. The van der Waals surface area contributed by atoms with E-state index in [1.54, 1.807) is 0 Å². The van der Waals surface area contributed by atoms with Crippen LogP contribution in [0.4, 0.5) is 0 Å². The molecule has 0 atom stereocenters. The number of carboxylic acid groups (broad SMARTS) is 1. The van der Waals surface area contributed by atoms with E-state index in [1.165, 1.54) is 12.4 Å². The Morgan fingerprint density at radius 2 is 2.33 bits per heavy atom. The third-order valence-electron chi connectivity index (χ3n) is 0.674. The highest BCUT2D eigenvalue weighted by Crippen LogP contribution is 1.81. The number of rotatable bonds is 1. The molecule has 0 bridgehead atoms. The molecule has 9 heavy (non-hydrogen) atoms. The van der Waals surface area contributed by atoms with E-state index in [-0.39, 0.29) is 5.82 Å². The standard InChI is InChI=1S/C4H3N3O2/c8-4(9)3-5-1-2-6-7-3/h1-2H,(H,8,9). The van der Waals surface area contributed by atoms with Crippen molar-refractivity contribution in [2.75, 3.05) is 0 Å². The molecular weight excluding hydrogens is 122 g/mol. The minimum Gasteiger partial charge on any atom is -0.475 e. The predicted molar refractivity (Wildman–Crippen MR) is 26.8 cm³/mol. The summed E-state index contributed by atoms with van der Waals surface area (Å²) in [6.07, 6.45) is 2.59. The van der Waals surface area contributed by atoms with Gasteiger partial charge in [0.15, 0.2) is 0 Å². The maximum absolute atomic E-state index is 10.0. The van der Waals surface area contributed by atoms with E-state index in [9.17, 15) is 4.79 Å². The summed E-state index contributed by atoms with van der Waals surface area (Å²) in [7, 11) is 0. The van der Waals surface area contributed by atoms with Crippen molar-refractivity contribution in [2.45, 2.75) is 0 Å². The van der Waals surface area contributed by atoms with Gasteiger partial charge in [-0.05, 0) is 0 Å². The van der Waals surface area contributed by atoms with Crippen LogP contribution in [0.2, 0.25) is 0 Å². The number of carboxylic acids is 1. The molecule has 0 fully saturated rings. The van der Waals surface area contributed by atoms with E-state index < -0.39 is 5.97 Å². The fraction of sp³-hybridized carbons (Fsp3) is 0. The Balaban J connectivity index is 2.98. The van der Waals surface area contributed by atoms with Crippen molar-refractivity contribution in [3.05, 3.63) is 18.2 Å². The second-order valence-corrected chi connectivity index (χ2v) is 1.27. The van der Waals surface area contributed by atoms with Gasteiger partial charge in [0.2, 0.25) is 0 Å². The van der Waals surface area contributed by atoms with Crippen molar-refractivity contribution >= 4 is 5.97 Å². The van der Waals surface area contributed by atoms with Crippen molar-refractivity contribution in [3.8, 4) is 0 Å². The zero-order valence-electron chi connectivity index (χ0n) is 4.35. The third-order valence-corrected chi connectivity index (χ3v) is 0.674. The second kappa shape index (κ2) is 2.17. The molecule has 1 aromatic rings. The van der Waals surface area contributed by atoms with Gasteiger partial charge in [-0.25, -0.2) is 9.78 Å². The Kier molecular flexibility index (Phi) is 1.35. The molecule has 0 aliphatic heterocycles. The quantitative estimate of drug-likeness (QED) is 0.551. The van der Waals surface area contributed by atoms with E-state index in [4.69, 9.17) is 5.11 Å². The monoisotopic (exact) mass is 125 g/mol. The van der Waals surface area contributed by atoms with Crippen LogP contribution in [0.5, 0.6) is 0 Å². The van der Waals surface area contributed by atoms with Crippen LogP contribution in [0.15, 0.2) is 12.4 Å². The van der Waals surface area contributed by atoms with Gasteiger partial charge in [0.05, 0.1) is 6.20 Å². The van der Waals surface area contributed by atoms with Crippen molar-refractivity contribution in [2.24, 2.45) is 0 Å². The summed E-state index contributed by atoms with van der Waals surface area (Å²) in [4.78, 5) is 13.4. The summed E-state index contributed by atoms with van der Waals surface area (Å²) >= 11 is 0. The Bertz CT molecular complexity index is 210. The SMILES string of the molecule is O=C(O)c1nccnn1. The highest BCUT2D eigenvalue weighted by atomic mass is 16.4. The fourth-order valence-corrected chi connectivity index (χ4v) is 0.346. The van der Waals surface area contributed by atoms with Crippen LogP contribution < -0.4 is 0 Å². The lowest BCUT2D eigenvalue weighted by atomic mass is 10.6. The Morgan fingerprint density at radius 1 is 1.56 bits per heavy atom. The van der Waals surface area contributed by atoms with Gasteiger partial charge in [0.1, 0.15) is 0 Å². The molecule has 0 saturated heterocycles. The van der Waals surface area contributed by atoms with Crippen molar-refractivity contribution < 1.29 is 9.90 Å². The minimum absolute atomic E-state index is 0.280. The van der Waals surface area contributed by atoms with Gasteiger partial charge in [0, 0.05) is 6.20 Å². The molecule has 0 aliphatic rings. The van der Waals surface area contributed by atoms with Crippen LogP contribution in [0.25, 0.3) is 0 Å². The molecule has 1 N–H and O–H groups in total. The molecule has 0 unspecified atom stereocenters. The number of aromatic nitrogens is 3. The molecule has 0 spiro atoms. The maximum Gasteiger partial charge on any atom is 0.375 e. The first-order valence-corrected chi connectivity index (χ1v) is 2.17. The molecule has 5 heteroatoms. The number of aromatic carboxylic acids is 1. The molecule has 5 nitrogen and oxygen atoms in total. The first kappa shape index (κ1) is 5.61. The Labute approximate surface area is 50.4 Å². The number of hydrogen-bond donors (Lipinski definition) is 1. The molecule has 1 rings (SSSR count). The highest BCUT2D eigenvalue weighted by molar-refractivity contribution is 5.82. The molecule has 46 valence electrons. The average molecular weight is 125 g/mol. The van der Waals surface area contributed by atoms with E-state index >= 15 is 0 Å². The summed E-state index contributed by atoms with van der Waals surface area (Å²) in [5.41, 5.74) is 0. The van der Waals surface area contributed by atoms with Crippen LogP contribution in [0.3, 0.4) is 0 Å². The van der Waals surface area contributed by atoms with Crippen molar-refractivity contribution in [1.29, 1.82) is 0 Å². The van der Waals surface area contributed by atoms with Gasteiger partial charge in [-0.1, -0.05) is 0 Å². The van der Waals surface area contributed by atoms with E-state index in [0.717, 1.165) is 0 Å². The van der Waals surface area contributed by atoms with Gasteiger partial charge in [-0.15, -0.1) is 5.10 Å². The average Bonchev–Trinajstić information content (AvgIpc) is 1.90. The van der Waals surface area contributed by atoms with Crippen LogP contribution >= 0.6 is 0 Å². The Morgan fingerprint density at radius 3 is 2.67 bits per heavy atom. The first-order valence-electron chi connectivity index (χ1n) is 2.17. The molecular formula is C4H3N3O2. The highest BCUT2D eigenvalue weighted by Gasteiger charge is 2.02. The van der Waals surface area contributed by atoms with E-state index in [2.05, 4.69) is 15.2 Å². The topological polar surface area (TPSA) is 76.0 Å². The van der Waals surface area contributed by atoms with Gasteiger partial charge in [-0.2, -0.15) is 5.10 Å². The maximum atomic E-state index is 10.0. The molecule has 0 saturated carbocycles. The zero-order chi connectivity index (χ0) is 6.69. The fourth-order valence-electron chi connectivity index (χ4n) is 0.346. The van der Waals surface area contributed by atoms with Crippen LogP contribution in [-0.2, 0) is 0 Å². The Hall–Kier alpha value is -1.52. The lowest BCUT2D eigenvalue weighted by molar-refractivity contribution is 0.0682. The summed E-state index contributed by atoms with van der Waals surface area (Å²) < 4.78 is 0. The second-order valence-electron chi connectivity index (χ2n) is 1.27. The lowest BCUT2D eigenvalue weighted by Crippen LogP contribution is -2.03. The normalized spacial score (nSPS) is 8.89. The zero-order valence-corrected chi connectivity index (χ0v) is 4.35. The van der Waals surface area contributed by atoms with Gasteiger partial charge < -0.3 is 5.11 Å². The molecule has 0 aromatic carbocycles. The number of hydrogen-bond acceptors (Lipinski definition) is 4. The lowest BCUT2D eigenvalue weighted by Gasteiger charge is -1.84. The molecule has 0 amide bonds.